The number of aromatic nitrogens is 3. The van der Waals surface area contributed by atoms with Crippen molar-refractivity contribution in [3.8, 4) is 11.6 Å². The summed E-state index contributed by atoms with van der Waals surface area (Å²) in [4.78, 5) is 0. The zero-order valence-corrected chi connectivity index (χ0v) is 12.0. The third-order valence-electron chi connectivity index (χ3n) is 3.04. The van der Waals surface area contributed by atoms with E-state index in [1.54, 1.807) is 18.0 Å². The van der Waals surface area contributed by atoms with Gasteiger partial charge in [0.2, 0.25) is 0 Å². The molecule has 0 aliphatic heterocycles. The number of rotatable bonds is 5. The molecule has 0 fully saturated rings. The molecule has 2 aromatic heterocycles. The summed E-state index contributed by atoms with van der Waals surface area (Å²) in [7, 11) is 1.96. The van der Waals surface area contributed by atoms with Crippen molar-refractivity contribution in [2.24, 2.45) is 7.05 Å². The minimum absolute atomic E-state index is 0.745. The van der Waals surface area contributed by atoms with E-state index in [0.717, 1.165) is 28.9 Å². The Morgan fingerprint density at radius 2 is 1.95 bits per heavy atom. The molecular formula is C15H15N3OS. The van der Waals surface area contributed by atoms with Crippen LogP contribution in [-0.2, 0) is 13.5 Å². The summed E-state index contributed by atoms with van der Waals surface area (Å²) in [6, 6.07) is 14.2. The van der Waals surface area contributed by atoms with Gasteiger partial charge in [0, 0.05) is 12.8 Å². The van der Waals surface area contributed by atoms with Gasteiger partial charge in [0.1, 0.15) is 0 Å². The molecule has 0 atom stereocenters. The van der Waals surface area contributed by atoms with Crippen LogP contribution in [0.2, 0.25) is 0 Å². The van der Waals surface area contributed by atoms with Crippen LogP contribution in [-0.4, -0.2) is 20.5 Å². The lowest BCUT2D eigenvalue weighted by Crippen LogP contribution is -1.95. The van der Waals surface area contributed by atoms with Gasteiger partial charge in [-0.05, 0) is 24.1 Å². The maximum absolute atomic E-state index is 5.35. The van der Waals surface area contributed by atoms with E-state index in [4.69, 9.17) is 4.42 Å². The van der Waals surface area contributed by atoms with Crippen molar-refractivity contribution in [2.75, 3.05) is 5.75 Å². The molecule has 0 saturated heterocycles. The van der Waals surface area contributed by atoms with E-state index in [0.29, 0.717) is 0 Å². The summed E-state index contributed by atoms with van der Waals surface area (Å²) >= 11 is 1.71. The topological polar surface area (TPSA) is 43.9 Å². The average molecular weight is 285 g/mol. The molecule has 20 heavy (non-hydrogen) atoms. The van der Waals surface area contributed by atoms with Crippen LogP contribution in [0.25, 0.3) is 11.6 Å². The Balaban J connectivity index is 1.64. The molecule has 0 aliphatic carbocycles. The molecule has 3 rings (SSSR count). The van der Waals surface area contributed by atoms with Crippen LogP contribution in [0.15, 0.2) is 58.3 Å². The summed E-state index contributed by atoms with van der Waals surface area (Å²) in [5.41, 5.74) is 1.34. The summed E-state index contributed by atoms with van der Waals surface area (Å²) in [6.45, 7) is 0. The van der Waals surface area contributed by atoms with Crippen LogP contribution >= 0.6 is 11.8 Å². The van der Waals surface area contributed by atoms with Crippen LogP contribution in [0, 0.1) is 0 Å². The lowest BCUT2D eigenvalue weighted by Gasteiger charge is -2.02. The van der Waals surface area contributed by atoms with Crippen molar-refractivity contribution in [3.05, 3.63) is 54.3 Å². The van der Waals surface area contributed by atoms with Gasteiger partial charge in [0.05, 0.1) is 6.26 Å². The highest BCUT2D eigenvalue weighted by Gasteiger charge is 2.12. The summed E-state index contributed by atoms with van der Waals surface area (Å²) in [5.74, 6) is 2.49. The predicted molar refractivity (Wildman–Crippen MR) is 79.6 cm³/mol. The maximum atomic E-state index is 5.35. The molecule has 0 spiro atoms. The molecule has 0 unspecified atom stereocenters. The lowest BCUT2D eigenvalue weighted by molar-refractivity contribution is 0.572. The van der Waals surface area contributed by atoms with Crippen LogP contribution in [0.4, 0.5) is 0 Å². The van der Waals surface area contributed by atoms with Gasteiger partial charge in [0.15, 0.2) is 16.7 Å². The number of benzene rings is 1. The molecule has 2 heterocycles. The molecule has 0 aliphatic rings. The smallest absolute Gasteiger partial charge is 0.200 e. The van der Waals surface area contributed by atoms with Crippen LogP contribution in [0.3, 0.4) is 0 Å². The van der Waals surface area contributed by atoms with Gasteiger partial charge in [0.25, 0.3) is 0 Å². The zero-order valence-electron chi connectivity index (χ0n) is 11.2. The highest BCUT2D eigenvalue weighted by atomic mass is 32.2. The summed E-state index contributed by atoms with van der Waals surface area (Å²) in [6.07, 6.45) is 2.67. The number of furan rings is 1. The van der Waals surface area contributed by atoms with Crippen molar-refractivity contribution < 1.29 is 4.42 Å². The number of thioether (sulfide) groups is 1. The van der Waals surface area contributed by atoms with Gasteiger partial charge in [-0.25, -0.2) is 0 Å². The summed E-state index contributed by atoms with van der Waals surface area (Å²) in [5, 5.41) is 9.31. The number of nitrogens with zero attached hydrogens (tertiary/aromatic N) is 3. The standard InChI is InChI=1S/C15H15N3OS/c1-18-14(13-8-5-10-19-13)16-17-15(18)20-11-9-12-6-3-2-4-7-12/h2-8,10H,9,11H2,1H3. The Morgan fingerprint density at radius 1 is 1.10 bits per heavy atom. The quantitative estimate of drug-likeness (QED) is 0.674. The van der Waals surface area contributed by atoms with E-state index in [-0.39, 0.29) is 0 Å². The Bertz CT molecular complexity index is 662. The Labute approximate surface area is 121 Å². The van der Waals surface area contributed by atoms with E-state index >= 15 is 0 Å². The van der Waals surface area contributed by atoms with Crippen LogP contribution in [0.1, 0.15) is 5.56 Å². The van der Waals surface area contributed by atoms with E-state index in [1.807, 2.05) is 29.8 Å². The second-order valence-corrected chi connectivity index (χ2v) is 5.49. The van der Waals surface area contributed by atoms with Crippen LogP contribution < -0.4 is 0 Å². The second-order valence-electron chi connectivity index (χ2n) is 4.43. The van der Waals surface area contributed by atoms with Gasteiger partial charge >= 0.3 is 0 Å². The Hall–Kier alpha value is -2.01. The first kappa shape index (κ1) is 13.0. The molecule has 1 aromatic carbocycles. The third-order valence-corrected chi connectivity index (χ3v) is 4.06. The fourth-order valence-corrected chi connectivity index (χ4v) is 2.86. The molecule has 0 saturated carbocycles. The van der Waals surface area contributed by atoms with Crippen molar-refractivity contribution in [1.82, 2.24) is 14.8 Å². The monoisotopic (exact) mass is 285 g/mol. The Morgan fingerprint density at radius 3 is 2.70 bits per heavy atom. The number of hydrogen-bond acceptors (Lipinski definition) is 4. The van der Waals surface area contributed by atoms with Gasteiger partial charge in [-0.3, -0.25) is 0 Å². The SMILES string of the molecule is Cn1c(SCCc2ccccc2)nnc1-c1ccco1. The molecule has 0 radical (unpaired) electrons. The van der Waals surface area contributed by atoms with E-state index < -0.39 is 0 Å². The molecule has 3 aromatic rings. The maximum Gasteiger partial charge on any atom is 0.200 e. The van der Waals surface area contributed by atoms with Gasteiger partial charge in [-0.15, -0.1) is 10.2 Å². The molecule has 0 N–H and O–H groups in total. The lowest BCUT2D eigenvalue weighted by atomic mass is 10.2. The van der Waals surface area contributed by atoms with Gasteiger partial charge in [-0.2, -0.15) is 0 Å². The van der Waals surface area contributed by atoms with Gasteiger partial charge < -0.3 is 8.98 Å². The molecule has 0 bridgehead atoms. The van der Waals surface area contributed by atoms with Crippen molar-refractivity contribution in [2.45, 2.75) is 11.6 Å². The third kappa shape index (κ3) is 2.77. The van der Waals surface area contributed by atoms with Crippen LogP contribution in [0.5, 0.6) is 0 Å². The second kappa shape index (κ2) is 5.96. The van der Waals surface area contributed by atoms with Crippen molar-refractivity contribution in [3.63, 3.8) is 0 Å². The highest BCUT2D eigenvalue weighted by molar-refractivity contribution is 7.99. The van der Waals surface area contributed by atoms with E-state index in [2.05, 4.69) is 34.5 Å². The molecule has 4 nitrogen and oxygen atoms in total. The van der Waals surface area contributed by atoms with E-state index in [1.165, 1.54) is 5.56 Å². The van der Waals surface area contributed by atoms with Gasteiger partial charge in [-0.1, -0.05) is 42.1 Å². The zero-order chi connectivity index (χ0) is 13.8. The largest absolute Gasteiger partial charge is 0.461 e. The fourth-order valence-electron chi connectivity index (χ4n) is 1.97. The minimum Gasteiger partial charge on any atom is -0.461 e. The Kier molecular flexibility index (Phi) is 3.87. The first-order valence-electron chi connectivity index (χ1n) is 6.44. The minimum atomic E-state index is 0.745. The average Bonchev–Trinajstić information content (AvgIpc) is 3.11. The number of aryl methyl sites for hydroxylation is 1. The number of hydrogen-bond donors (Lipinski definition) is 0. The molecular weight excluding hydrogens is 270 g/mol. The van der Waals surface area contributed by atoms with Crippen molar-refractivity contribution >= 4 is 11.8 Å². The van der Waals surface area contributed by atoms with Crippen molar-refractivity contribution in [1.29, 1.82) is 0 Å². The fraction of sp³-hybridized carbons (Fsp3) is 0.200. The normalized spacial score (nSPS) is 10.8. The molecule has 0 amide bonds. The van der Waals surface area contributed by atoms with E-state index in [9.17, 15) is 0 Å². The molecule has 5 heteroatoms. The highest BCUT2D eigenvalue weighted by Crippen LogP contribution is 2.23. The first-order chi connectivity index (χ1) is 9.84. The predicted octanol–water partition coefficient (Wildman–Crippen LogP) is 3.41. The first-order valence-corrected chi connectivity index (χ1v) is 7.43. The molecule has 102 valence electrons. The summed E-state index contributed by atoms with van der Waals surface area (Å²) < 4.78 is 7.32.